The normalized spacial score (nSPS) is 19.3. The number of ether oxygens (including phenoxy) is 1. The molecule has 0 radical (unpaired) electrons. The molecule has 0 unspecified atom stereocenters. The minimum absolute atomic E-state index is 0.0702. The van der Waals surface area contributed by atoms with Gasteiger partial charge in [-0.1, -0.05) is 0 Å². The maximum Gasteiger partial charge on any atom is 0.306 e. The largest absolute Gasteiger partial charge is 0.481 e. The van der Waals surface area contributed by atoms with Gasteiger partial charge in [0.05, 0.1) is 24.1 Å². The van der Waals surface area contributed by atoms with Crippen LogP contribution in [0, 0.1) is 16.0 Å². The van der Waals surface area contributed by atoms with Gasteiger partial charge in [-0.3, -0.25) is 14.9 Å². The molecule has 1 N–H and O–H groups in total. The van der Waals surface area contributed by atoms with Crippen molar-refractivity contribution in [3.63, 3.8) is 0 Å². The molecule has 0 aromatic heterocycles. The molecule has 24 heavy (non-hydrogen) atoms. The van der Waals surface area contributed by atoms with Gasteiger partial charge >= 0.3 is 5.97 Å². The Morgan fingerprint density at radius 1 is 1.17 bits per heavy atom. The molecule has 2 aliphatic heterocycles. The Labute approximate surface area is 139 Å². The number of hydrogen-bond acceptors (Lipinski definition) is 6. The van der Waals surface area contributed by atoms with E-state index in [1.165, 1.54) is 0 Å². The number of carboxylic acids is 1. The predicted molar refractivity (Wildman–Crippen MR) is 88.7 cm³/mol. The maximum absolute atomic E-state index is 11.4. The van der Waals surface area contributed by atoms with E-state index in [-0.39, 0.29) is 16.5 Å². The van der Waals surface area contributed by atoms with Crippen molar-refractivity contribution >= 4 is 23.0 Å². The van der Waals surface area contributed by atoms with Crippen molar-refractivity contribution in [3.8, 4) is 0 Å². The molecule has 0 spiro atoms. The number of morpholine rings is 1. The van der Waals surface area contributed by atoms with Crippen molar-refractivity contribution in [1.82, 2.24) is 0 Å². The van der Waals surface area contributed by atoms with Crippen LogP contribution in [0.1, 0.15) is 12.8 Å². The van der Waals surface area contributed by atoms with Gasteiger partial charge in [-0.15, -0.1) is 0 Å². The van der Waals surface area contributed by atoms with Gasteiger partial charge in [0, 0.05) is 37.9 Å². The molecule has 0 saturated carbocycles. The molecule has 2 aliphatic rings. The van der Waals surface area contributed by atoms with Crippen LogP contribution in [0.25, 0.3) is 0 Å². The zero-order chi connectivity index (χ0) is 17.1. The van der Waals surface area contributed by atoms with E-state index in [1.807, 2.05) is 11.0 Å². The van der Waals surface area contributed by atoms with Crippen molar-refractivity contribution in [2.75, 3.05) is 49.2 Å². The summed E-state index contributed by atoms with van der Waals surface area (Å²) in [5, 5.41) is 20.5. The first-order valence-corrected chi connectivity index (χ1v) is 8.15. The lowest BCUT2D eigenvalue weighted by Crippen LogP contribution is -2.38. The summed E-state index contributed by atoms with van der Waals surface area (Å²) >= 11 is 0. The number of nitro groups is 1. The van der Waals surface area contributed by atoms with Crippen molar-refractivity contribution in [2.45, 2.75) is 12.8 Å². The Hall–Kier alpha value is -2.35. The molecule has 130 valence electrons. The molecule has 2 fully saturated rings. The molecular formula is C16H21N3O5. The average Bonchev–Trinajstić information content (AvgIpc) is 2.62. The smallest absolute Gasteiger partial charge is 0.306 e. The van der Waals surface area contributed by atoms with Crippen molar-refractivity contribution < 1.29 is 19.6 Å². The molecule has 8 heteroatoms. The quantitative estimate of drug-likeness (QED) is 0.661. The number of benzene rings is 1. The van der Waals surface area contributed by atoms with E-state index in [2.05, 4.69) is 4.90 Å². The van der Waals surface area contributed by atoms with E-state index >= 15 is 0 Å². The van der Waals surface area contributed by atoms with E-state index in [9.17, 15) is 14.9 Å². The highest BCUT2D eigenvalue weighted by atomic mass is 16.6. The Morgan fingerprint density at radius 3 is 2.42 bits per heavy atom. The highest BCUT2D eigenvalue weighted by molar-refractivity contribution is 5.73. The van der Waals surface area contributed by atoms with Gasteiger partial charge < -0.3 is 19.6 Å². The minimum Gasteiger partial charge on any atom is -0.481 e. The second-order valence-corrected chi connectivity index (χ2v) is 6.13. The highest BCUT2D eigenvalue weighted by Crippen LogP contribution is 2.35. The fourth-order valence-corrected chi connectivity index (χ4v) is 3.31. The van der Waals surface area contributed by atoms with Gasteiger partial charge in [-0.2, -0.15) is 0 Å². The van der Waals surface area contributed by atoms with Gasteiger partial charge in [0.25, 0.3) is 5.69 Å². The van der Waals surface area contributed by atoms with Crippen LogP contribution in [0.3, 0.4) is 0 Å². The average molecular weight is 335 g/mol. The molecule has 2 heterocycles. The first kappa shape index (κ1) is 16.5. The number of carboxylic acid groups (broad SMARTS) is 1. The molecule has 1 aromatic rings. The standard InChI is InChI=1S/C16H21N3O5/c20-16(21)12-3-5-18(6-4-12)15-11-13(1-2-14(15)19(22)23)17-7-9-24-10-8-17/h1-2,11-12H,3-10H2,(H,20,21). The predicted octanol–water partition coefficient (Wildman–Crippen LogP) is 1.73. The second-order valence-electron chi connectivity index (χ2n) is 6.13. The fourth-order valence-electron chi connectivity index (χ4n) is 3.31. The summed E-state index contributed by atoms with van der Waals surface area (Å²) in [4.78, 5) is 26.2. The number of nitro benzene ring substituents is 1. The van der Waals surface area contributed by atoms with Gasteiger partial charge in [-0.25, -0.2) is 0 Å². The lowest BCUT2D eigenvalue weighted by atomic mass is 9.96. The van der Waals surface area contributed by atoms with Crippen LogP contribution in [0.4, 0.5) is 17.1 Å². The van der Waals surface area contributed by atoms with Gasteiger partial charge in [0.2, 0.25) is 0 Å². The number of aliphatic carboxylic acids is 1. The molecule has 8 nitrogen and oxygen atoms in total. The van der Waals surface area contributed by atoms with Gasteiger partial charge in [0.15, 0.2) is 0 Å². The van der Waals surface area contributed by atoms with Gasteiger partial charge in [-0.05, 0) is 25.0 Å². The Bertz CT molecular complexity index is 622. The summed E-state index contributed by atoms with van der Waals surface area (Å²) in [5.41, 5.74) is 1.59. The van der Waals surface area contributed by atoms with Crippen LogP contribution in [-0.4, -0.2) is 55.4 Å². The number of nitrogens with zero attached hydrogens (tertiary/aromatic N) is 3. The summed E-state index contributed by atoms with van der Waals surface area (Å²) in [6.07, 6.45) is 1.02. The van der Waals surface area contributed by atoms with E-state index in [1.54, 1.807) is 12.1 Å². The number of anilines is 2. The summed E-state index contributed by atoms with van der Waals surface area (Å²) in [6.45, 7) is 3.86. The molecule has 0 atom stereocenters. The zero-order valence-electron chi connectivity index (χ0n) is 13.4. The lowest BCUT2D eigenvalue weighted by Gasteiger charge is -2.33. The SMILES string of the molecule is O=C(O)C1CCN(c2cc(N3CCOCC3)ccc2[N+](=O)[O-])CC1. The van der Waals surface area contributed by atoms with Crippen LogP contribution >= 0.6 is 0 Å². The summed E-state index contributed by atoms with van der Waals surface area (Å²) in [6, 6.07) is 5.17. The molecule has 0 amide bonds. The number of hydrogen-bond donors (Lipinski definition) is 1. The van der Waals surface area contributed by atoms with Crippen molar-refractivity contribution in [3.05, 3.63) is 28.3 Å². The third-order valence-electron chi connectivity index (χ3n) is 4.72. The number of piperidine rings is 1. The molecular weight excluding hydrogens is 314 g/mol. The third kappa shape index (κ3) is 3.43. The lowest BCUT2D eigenvalue weighted by molar-refractivity contribution is -0.384. The third-order valence-corrected chi connectivity index (χ3v) is 4.72. The topological polar surface area (TPSA) is 96.2 Å². The van der Waals surface area contributed by atoms with Crippen LogP contribution in [-0.2, 0) is 9.53 Å². The molecule has 0 bridgehead atoms. The Kier molecular flexibility index (Phi) is 4.84. The maximum atomic E-state index is 11.4. The monoisotopic (exact) mass is 335 g/mol. The van der Waals surface area contributed by atoms with E-state index in [0.29, 0.717) is 44.8 Å². The molecule has 1 aromatic carbocycles. The van der Waals surface area contributed by atoms with E-state index in [0.717, 1.165) is 18.8 Å². The zero-order valence-corrected chi connectivity index (χ0v) is 13.4. The first-order chi connectivity index (χ1) is 11.6. The molecule has 2 saturated heterocycles. The summed E-state index contributed by atoms with van der Waals surface area (Å²) < 4.78 is 5.35. The Morgan fingerprint density at radius 2 is 1.83 bits per heavy atom. The van der Waals surface area contributed by atoms with E-state index < -0.39 is 5.97 Å². The van der Waals surface area contributed by atoms with Gasteiger partial charge in [0.1, 0.15) is 5.69 Å². The fraction of sp³-hybridized carbons (Fsp3) is 0.562. The van der Waals surface area contributed by atoms with Crippen LogP contribution in [0.15, 0.2) is 18.2 Å². The second kappa shape index (κ2) is 7.04. The summed E-state index contributed by atoms with van der Waals surface area (Å²) in [7, 11) is 0. The van der Waals surface area contributed by atoms with Crippen molar-refractivity contribution in [2.24, 2.45) is 5.92 Å². The number of carbonyl (C=O) groups is 1. The first-order valence-electron chi connectivity index (χ1n) is 8.15. The van der Waals surface area contributed by atoms with Crippen LogP contribution in [0.2, 0.25) is 0 Å². The van der Waals surface area contributed by atoms with Crippen LogP contribution in [0.5, 0.6) is 0 Å². The molecule has 3 rings (SSSR count). The van der Waals surface area contributed by atoms with E-state index in [4.69, 9.17) is 9.84 Å². The highest BCUT2D eigenvalue weighted by Gasteiger charge is 2.28. The number of rotatable bonds is 4. The Balaban J connectivity index is 1.84. The van der Waals surface area contributed by atoms with Crippen LogP contribution < -0.4 is 9.80 Å². The molecule has 0 aliphatic carbocycles. The minimum atomic E-state index is -0.786. The van der Waals surface area contributed by atoms with Crippen molar-refractivity contribution in [1.29, 1.82) is 0 Å². The summed E-state index contributed by atoms with van der Waals surface area (Å²) in [5.74, 6) is -1.14.